The number of halogens is 5. The highest BCUT2D eigenvalue weighted by Gasteiger charge is 2.56. The van der Waals surface area contributed by atoms with E-state index in [1.165, 1.54) is 13.8 Å². The van der Waals surface area contributed by atoms with Gasteiger partial charge < -0.3 is 10.8 Å². The molecule has 0 fully saturated rings. The van der Waals surface area contributed by atoms with Gasteiger partial charge in [-0.25, -0.2) is 26.9 Å². The van der Waals surface area contributed by atoms with Crippen molar-refractivity contribution in [1.82, 2.24) is 9.71 Å². The maximum Gasteiger partial charge on any atom is 0.424 e. The van der Waals surface area contributed by atoms with Crippen molar-refractivity contribution in [3.8, 4) is 11.3 Å². The molecule has 1 atom stereocenters. The lowest BCUT2D eigenvalue weighted by atomic mass is 9.89. The van der Waals surface area contributed by atoms with Crippen LogP contribution in [0.1, 0.15) is 25.1 Å². The summed E-state index contributed by atoms with van der Waals surface area (Å²) in [6.45, 7) is 1.12. The molecule has 0 bridgehead atoms. The number of aromatic nitrogens is 1. The Morgan fingerprint density at radius 1 is 1.13 bits per heavy atom. The summed E-state index contributed by atoms with van der Waals surface area (Å²) in [5, 5.41) is 10.2. The summed E-state index contributed by atoms with van der Waals surface area (Å²) in [5.41, 5.74) is -2.47. The normalized spacial score (nSPS) is 15.1. The average Bonchev–Trinajstić information content (AvgIpc) is 2.59. The fraction of sp³-hybridized carbons (Fsp3) is 0.389. The molecule has 166 valence electrons. The topological polar surface area (TPSA) is 105 Å². The Labute approximate surface area is 170 Å². The van der Waals surface area contributed by atoms with E-state index in [0.29, 0.717) is 6.07 Å². The van der Waals surface area contributed by atoms with E-state index in [1.807, 2.05) is 0 Å². The predicted octanol–water partition coefficient (Wildman–Crippen LogP) is 2.52. The molecule has 2 rings (SSSR count). The minimum Gasteiger partial charge on any atom is -0.374 e. The zero-order valence-corrected chi connectivity index (χ0v) is 17.0. The molecule has 0 aliphatic heterocycles. The smallest absolute Gasteiger partial charge is 0.374 e. The van der Waals surface area contributed by atoms with Crippen molar-refractivity contribution >= 4 is 10.0 Å². The maximum atomic E-state index is 15.3. The van der Waals surface area contributed by atoms with Crippen molar-refractivity contribution in [3.63, 3.8) is 0 Å². The minimum absolute atomic E-state index is 0.0892. The first-order valence-corrected chi connectivity index (χ1v) is 10.4. The van der Waals surface area contributed by atoms with E-state index in [2.05, 4.69) is 9.71 Å². The zero-order chi connectivity index (χ0) is 23.1. The predicted molar refractivity (Wildman–Crippen MR) is 99.6 cm³/mol. The van der Waals surface area contributed by atoms with Gasteiger partial charge in [-0.2, -0.15) is 13.2 Å². The summed E-state index contributed by atoms with van der Waals surface area (Å²) in [4.78, 5) is 3.63. The minimum atomic E-state index is -5.27. The number of nitrogens with two attached hydrogens (primary N) is 1. The summed E-state index contributed by atoms with van der Waals surface area (Å²) in [5.74, 6) is -1.82. The van der Waals surface area contributed by atoms with Crippen LogP contribution in [-0.2, 0) is 21.2 Å². The third-order valence-corrected chi connectivity index (χ3v) is 5.26. The van der Waals surface area contributed by atoms with Crippen LogP contribution < -0.4 is 10.5 Å². The third kappa shape index (κ3) is 4.77. The van der Waals surface area contributed by atoms with Gasteiger partial charge in [0.25, 0.3) is 0 Å². The molecule has 2 aromatic rings. The van der Waals surface area contributed by atoms with Crippen LogP contribution in [-0.4, -0.2) is 37.5 Å². The molecule has 12 heteroatoms. The Hall–Kier alpha value is -2.15. The van der Waals surface area contributed by atoms with Crippen LogP contribution in [0, 0.1) is 11.6 Å². The van der Waals surface area contributed by atoms with Crippen LogP contribution in [0.5, 0.6) is 0 Å². The number of benzene rings is 1. The van der Waals surface area contributed by atoms with Crippen LogP contribution in [0.4, 0.5) is 22.0 Å². The molecule has 0 aliphatic carbocycles. The highest BCUT2D eigenvalue weighted by Crippen LogP contribution is 2.40. The van der Waals surface area contributed by atoms with E-state index >= 15 is 4.39 Å². The van der Waals surface area contributed by atoms with E-state index in [-0.39, 0.29) is 5.56 Å². The fourth-order valence-electron chi connectivity index (χ4n) is 2.88. The molecule has 0 unspecified atom stereocenters. The molecule has 0 spiro atoms. The maximum absolute atomic E-state index is 15.3. The quantitative estimate of drug-likeness (QED) is 0.583. The number of pyridine rings is 1. The molecule has 0 saturated heterocycles. The molecule has 1 aromatic heterocycles. The Balaban J connectivity index is 2.89. The Morgan fingerprint density at radius 2 is 1.67 bits per heavy atom. The van der Waals surface area contributed by atoms with Crippen molar-refractivity contribution in [2.24, 2.45) is 5.73 Å². The van der Waals surface area contributed by atoms with Crippen LogP contribution in [0.15, 0.2) is 30.3 Å². The van der Waals surface area contributed by atoms with Crippen LogP contribution in [0.3, 0.4) is 0 Å². The molecule has 0 radical (unpaired) electrons. The SMILES string of the molecule is CC(C)(NS(C)(=O)=O)c1cc([C@@](O)(CN)C(F)(F)F)nc(-c2ccc(F)cc2)c1F. The van der Waals surface area contributed by atoms with Crippen molar-refractivity contribution in [1.29, 1.82) is 0 Å². The number of alkyl halides is 3. The zero-order valence-electron chi connectivity index (χ0n) is 16.2. The summed E-state index contributed by atoms with van der Waals surface area (Å²) in [7, 11) is -3.91. The second-order valence-electron chi connectivity index (χ2n) is 7.29. The number of sulfonamides is 1. The van der Waals surface area contributed by atoms with E-state index in [1.54, 1.807) is 0 Å². The lowest BCUT2D eigenvalue weighted by Crippen LogP contribution is -2.49. The Kier molecular flexibility index (Phi) is 6.30. The summed E-state index contributed by atoms with van der Waals surface area (Å²) < 4.78 is 94.7. The van der Waals surface area contributed by atoms with Gasteiger partial charge in [-0.05, 0) is 44.2 Å². The molecule has 0 saturated carbocycles. The average molecular weight is 453 g/mol. The second kappa shape index (κ2) is 7.84. The molecule has 0 aliphatic rings. The molecule has 30 heavy (non-hydrogen) atoms. The van der Waals surface area contributed by atoms with E-state index in [9.17, 15) is 31.1 Å². The van der Waals surface area contributed by atoms with Gasteiger partial charge in [-0.3, -0.25) is 0 Å². The van der Waals surface area contributed by atoms with Gasteiger partial charge in [0, 0.05) is 17.7 Å². The first-order chi connectivity index (χ1) is 13.5. The molecule has 1 heterocycles. The molecule has 6 nitrogen and oxygen atoms in total. The largest absolute Gasteiger partial charge is 0.424 e. The number of aliphatic hydroxyl groups is 1. The van der Waals surface area contributed by atoms with Crippen molar-refractivity contribution in [2.45, 2.75) is 31.2 Å². The number of nitrogens with one attached hydrogen (secondary N) is 1. The van der Waals surface area contributed by atoms with Crippen LogP contribution in [0.2, 0.25) is 0 Å². The lowest BCUT2D eigenvalue weighted by Gasteiger charge is -2.32. The number of hydrogen-bond acceptors (Lipinski definition) is 5. The summed E-state index contributed by atoms with van der Waals surface area (Å²) >= 11 is 0. The van der Waals surface area contributed by atoms with Gasteiger partial charge >= 0.3 is 6.18 Å². The first-order valence-electron chi connectivity index (χ1n) is 8.47. The monoisotopic (exact) mass is 453 g/mol. The Bertz CT molecular complexity index is 1040. The standard InChI is InChI=1S/C18H20F5N3O3S/c1-16(2,26-30(3,28)29)12-8-13(17(27,9-24)18(21,22)23)25-15(14(12)20)10-4-6-11(19)7-5-10/h4-8,26-27H,9,24H2,1-3H3/t17-/m0/s1. The number of rotatable bonds is 6. The van der Waals surface area contributed by atoms with E-state index in [0.717, 1.165) is 30.5 Å². The lowest BCUT2D eigenvalue weighted by molar-refractivity contribution is -0.263. The van der Waals surface area contributed by atoms with Crippen molar-refractivity contribution < 1.29 is 35.5 Å². The fourth-order valence-corrected chi connectivity index (χ4v) is 3.92. The van der Waals surface area contributed by atoms with Crippen molar-refractivity contribution in [2.75, 3.05) is 12.8 Å². The van der Waals surface area contributed by atoms with Gasteiger partial charge in [-0.15, -0.1) is 0 Å². The summed E-state index contributed by atoms with van der Waals surface area (Å²) in [6.07, 6.45) is -4.47. The molecule has 4 N–H and O–H groups in total. The van der Waals surface area contributed by atoms with Crippen LogP contribution in [0.25, 0.3) is 11.3 Å². The highest BCUT2D eigenvalue weighted by molar-refractivity contribution is 7.88. The molecular weight excluding hydrogens is 433 g/mol. The van der Waals surface area contributed by atoms with Gasteiger partial charge in [0.15, 0.2) is 5.82 Å². The first kappa shape index (κ1) is 24.1. The molecular formula is C18H20F5N3O3S. The third-order valence-electron chi connectivity index (χ3n) is 4.38. The van der Waals surface area contributed by atoms with Crippen LogP contribution >= 0.6 is 0 Å². The Morgan fingerprint density at radius 3 is 2.10 bits per heavy atom. The molecule has 0 amide bonds. The molecule has 1 aromatic carbocycles. The van der Waals surface area contributed by atoms with E-state index < -0.39 is 62.5 Å². The van der Waals surface area contributed by atoms with Crippen molar-refractivity contribution in [3.05, 3.63) is 53.2 Å². The van der Waals surface area contributed by atoms with Gasteiger partial charge in [-0.1, -0.05) is 0 Å². The number of hydrogen-bond donors (Lipinski definition) is 3. The number of nitrogens with zero attached hydrogens (tertiary/aromatic N) is 1. The van der Waals surface area contributed by atoms with Gasteiger partial charge in [0.05, 0.1) is 17.5 Å². The van der Waals surface area contributed by atoms with Gasteiger partial charge in [0.1, 0.15) is 11.5 Å². The van der Waals surface area contributed by atoms with E-state index in [4.69, 9.17) is 5.73 Å². The van der Waals surface area contributed by atoms with Gasteiger partial charge in [0.2, 0.25) is 15.6 Å². The summed E-state index contributed by atoms with van der Waals surface area (Å²) in [6, 6.07) is 4.67. The second-order valence-corrected chi connectivity index (χ2v) is 9.03. The highest BCUT2D eigenvalue weighted by atomic mass is 32.2.